The molecule has 0 N–H and O–H groups in total. The van der Waals surface area contributed by atoms with E-state index in [1.165, 1.54) is 0 Å². The van der Waals surface area contributed by atoms with Crippen LogP contribution in [-0.2, 0) is 11.3 Å². The van der Waals surface area contributed by atoms with E-state index in [2.05, 4.69) is 14.9 Å². The predicted octanol–water partition coefficient (Wildman–Crippen LogP) is 3.00. The Balaban J connectivity index is 1.34. The molecule has 1 amide bonds. The van der Waals surface area contributed by atoms with Gasteiger partial charge in [-0.15, -0.1) is 0 Å². The van der Waals surface area contributed by atoms with Crippen LogP contribution in [0.15, 0.2) is 54.7 Å². The Morgan fingerprint density at radius 2 is 1.81 bits per heavy atom. The molecule has 31 heavy (non-hydrogen) atoms. The van der Waals surface area contributed by atoms with Crippen molar-refractivity contribution < 1.29 is 14.3 Å². The fourth-order valence-electron chi connectivity index (χ4n) is 3.69. The molecule has 1 aliphatic rings. The molecule has 0 spiro atoms. The highest BCUT2D eigenvalue weighted by atomic mass is 16.5. The van der Waals surface area contributed by atoms with Crippen LogP contribution in [0.5, 0.6) is 11.5 Å². The van der Waals surface area contributed by atoms with E-state index in [0.29, 0.717) is 18.8 Å². The van der Waals surface area contributed by atoms with Crippen molar-refractivity contribution in [3.63, 3.8) is 0 Å². The number of methoxy groups -OCH3 is 2. The van der Waals surface area contributed by atoms with Crippen molar-refractivity contribution in [2.75, 3.05) is 40.4 Å². The number of carbonyl (C=O) groups excluding carboxylic acids is 1. The van der Waals surface area contributed by atoms with E-state index in [-0.39, 0.29) is 5.91 Å². The lowest BCUT2D eigenvalue weighted by atomic mass is 10.1. The van der Waals surface area contributed by atoms with E-state index in [0.717, 1.165) is 47.7 Å². The van der Waals surface area contributed by atoms with Gasteiger partial charge < -0.3 is 14.4 Å². The number of para-hydroxylation sites is 2. The summed E-state index contributed by atoms with van der Waals surface area (Å²) in [5.41, 5.74) is 3.42. The molecule has 2 aromatic carbocycles. The number of rotatable bonds is 6. The molecule has 0 aliphatic carbocycles. The molecule has 160 valence electrons. The van der Waals surface area contributed by atoms with Crippen LogP contribution in [0, 0.1) is 0 Å². The summed E-state index contributed by atoms with van der Waals surface area (Å²) in [4.78, 5) is 25.7. The molecule has 0 bridgehead atoms. The molecule has 7 heteroatoms. The third kappa shape index (κ3) is 5.00. The van der Waals surface area contributed by atoms with E-state index in [1.54, 1.807) is 32.6 Å². The first kappa shape index (κ1) is 20.8. The van der Waals surface area contributed by atoms with Gasteiger partial charge in [0.15, 0.2) is 0 Å². The number of nitrogens with zero attached hydrogens (tertiary/aromatic N) is 4. The van der Waals surface area contributed by atoms with Crippen molar-refractivity contribution in [2.24, 2.45) is 0 Å². The fourth-order valence-corrected chi connectivity index (χ4v) is 3.69. The second kappa shape index (κ2) is 9.57. The second-order valence-corrected chi connectivity index (χ2v) is 7.40. The first-order chi connectivity index (χ1) is 15.2. The van der Waals surface area contributed by atoms with Gasteiger partial charge in [-0.25, -0.2) is 4.98 Å². The molecule has 1 saturated heterocycles. The normalized spacial score (nSPS) is 14.8. The molecular formula is C24H26N4O3. The van der Waals surface area contributed by atoms with E-state index in [4.69, 9.17) is 9.47 Å². The minimum absolute atomic E-state index is 0.00595. The van der Waals surface area contributed by atoms with E-state index < -0.39 is 0 Å². The number of ether oxygens (including phenoxy) is 2. The van der Waals surface area contributed by atoms with Crippen LogP contribution in [0.3, 0.4) is 0 Å². The van der Waals surface area contributed by atoms with Crippen LogP contribution >= 0.6 is 0 Å². The van der Waals surface area contributed by atoms with Gasteiger partial charge in [-0.3, -0.25) is 14.7 Å². The van der Waals surface area contributed by atoms with E-state index in [1.807, 2.05) is 47.4 Å². The summed E-state index contributed by atoms with van der Waals surface area (Å²) < 4.78 is 10.8. The number of hydrogen-bond acceptors (Lipinski definition) is 6. The Kier molecular flexibility index (Phi) is 6.43. The van der Waals surface area contributed by atoms with E-state index >= 15 is 0 Å². The average molecular weight is 418 g/mol. The van der Waals surface area contributed by atoms with Gasteiger partial charge in [0.1, 0.15) is 11.5 Å². The largest absolute Gasteiger partial charge is 0.497 e. The van der Waals surface area contributed by atoms with Crippen LogP contribution in [0.2, 0.25) is 0 Å². The maximum absolute atomic E-state index is 12.6. The van der Waals surface area contributed by atoms with Crippen LogP contribution in [0.4, 0.5) is 0 Å². The van der Waals surface area contributed by atoms with Gasteiger partial charge in [0.2, 0.25) is 5.91 Å². The topological polar surface area (TPSA) is 67.8 Å². The minimum atomic E-state index is -0.00595. The number of fused-ring (bicyclic) bond motifs is 1. The van der Waals surface area contributed by atoms with E-state index in [9.17, 15) is 4.79 Å². The van der Waals surface area contributed by atoms with Gasteiger partial charge in [-0.1, -0.05) is 12.1 Å². The zero-order valence-electron chi connectivity index (χ0n) is 17.8. The van der Waals surface area contributed by atoms with Crippen molar-refractivity contribution in [2.45, 2.75) is 6.54 Å². The molecule has 1 aliphatic heterocycles. The van der Waals surface area contributed by atoms with Crippen molar-refractivity contribution in [3.05, 3.63) is 66.0 Å². The number of hydrogen-bond donors (Lipinski definition) is 0. The molecule has 0 saturated carbocycles. The van der Waals surface area contributed by atoms with Gasteiger partial charge in [0.25, 0.3) is 0 Å². The minimum Gasteiger partial charge on any atom is -0.497 e. The molecule has 0 radical (unpaired) electrons. The van der Waals surface area contributed by atoms with Crippen LogP contribution in [0.1, 0.15) is 11.3 Å². The van der Waals surface area contributed by atoms with Gasteiger partial charge in [0, 0.05) is 44.4 Å². The maximum Gasteiger partial charge on any atom is 0.246 e. The van der Waals surface area contributed by atoms with Crippen LogP contribution < -0.4 is 9.47 Å². The predicted molar refractivity (Wildman–Crippen MR) is 120 cm³/mol. The summed E-state index contributed by atoms with van der Waals surface area (Å²) in [5.74, 6) is 1.65. The molecular weight excluding hydrogens is 392 g/mol. The quantitative estimate of drug-likeness (QED) is 0.574. The summed E-state index contributed by atoms with van der Waals surface area (Å²) in [5, 5.41) is 0. The van der Waals surface area contributed by atoms with Crippen molar-refractivity contribution in [1.82, 2.24) is 19.8 Å². The van der Waals surface area contributed by atoms with Gasteiger partial charge in [0.05, 0.1) is 37.1 Å². The number of benzene rings is 2. The number of amides is 1. The zero-order chi connectivity index (χ0) is 21.6. The zero-order valence-corrected chi connectivity index (χ0v) is 17.8. The first-order valence-corrected chi connectivity index (χ1v) is 10.3. The molecule has 3 aromatic rings. The monoisotopic (exact) mass is 418 g/mol. The van der Waals surface area contributed by atoms with Gasteiger partial charge >= 0.3 is 0 Å². The maximum atomic E-state index is 12.6. The van der Waals surface area contributed by atoms with Crippen LogP contribution in [0.25, 0.3) is 17.1 Å². The highest BCUT2D eigenvalue weighted by Gasteiger charge is 2.21. The second-order valence-electron chi connectivity index (χ2n) is 7.40. The van der Waals surface area contributed by atoms with Crippen LogP contribution in [-0.4, -0.2) is 66.1 Å². The number of carbonyl (C=O) groups is 1. The molecule has 0 atom stereocenters. The molecule has 7 nitrogen and oxygen atoms in total. The smallest absolute Gasteiger partial charge is 0.246 e. The molecule has 0 unspecified atom stereocenters. The van der Waals surface area contributed by atoms with Crippen molar-refractivity contribution in [3.8, 4) is 11.5 Å². The highest BCUT2D eigenvalue weighted by molar-refractivity contribution is 5.91. The van der Waals surface area contributed by atoms with Crippen molar-refractivity contribution >= 4 is 23.0 Å². The van der Waals surface area contributed by atoms with Gasteiger partial charge in [-0.2, -0.15) is 0 Å². The molecule has 1 fully saturated rings. The summed E-state index contributed by atoms with van der Waals surface area (Å²) in [6.07, 6.45) is 5.00. The Morgan fingerprint density at radius 1 is 1.03 bits per heavy atom. The Bertz CT molecular complexity index is 1090. The lowest BCUT2D eigenvalue weighted by Crippen LogP contribution is -2.47. The number of piperazine rings is 1. The lowest BCUT2D eigenvalue weighted by Gasteiger charge is -2.34. The lowest BCUT2D eigenvalue weighted by molar-refractivity contribution is -0.127. The standard InChI is InChI=1S/C24H26N4O3/c1-30-20-8-9-23(31-2)18(15-20)17-27-11-13-28(14-12-27)24(29)10-7-19-16-25-21-5-3-4-6-22(21)26-19/h3-10,15-16H,11-14,17H2,1-2H3/b10-7+. The summed E-state index contributed by atoms with van der Waals surface area (Å²) in [6, 6.07) is 13.5. The highest BCUT2D eigenvalue weighted by Crippen LogP contribution is 2.25. The molecule has 4 rings (SSSR count). The fraction of sp³-hybridized carbons (Fsp3) is 0.292. The third-order valence-electron chi connectivity index (χ3n) is 5.43. The number of aromatic nitrogens is 2. The first-order valence-electron chi connectivity index (χ1n) is 10.3. The van der Waals surface area contributed by atoms with Crippen molar-refractivity contribution in [1.29, 1.82) is 0 Å². The Labute approximate surface area is 181 Å². The Hall–Kier alpha value is -3.45. The Morgan fingerprint density at radius 3 is 2.55 bits per heavy atom. The molecule has 2 heterocycles. The SMILES string of the molecule is COc1ccc(OC)c(CN2CCN(C(=O)/C=C/c3cnc4ccccc4n3)CC2)c1. The third-order valence-corrected chi connectivity index (χ3v) is 5.43. The molecule has 1 aromatic heterocycles. The van der Waals surface area contributed by atoms with Gasteiger partial charge in [-0.05, 0) is 36.4 Å². The summed E-state index contributed by atoms with van der Waals surface area (Å²) >= 11 is 0. The average Bonchev–Trinajstić information content (AvgIpc) is 2.82. The summed E-state index contributed by atoms with van der Waals surface area (Å²) in [7, 11) is 3.33. The summed E-state index contributed by atoms with van der Waals surface area (Å²) in [6.45, 7) is 3.72.